The summed E-state index contributed by atoms with van der Waals surface area (Å²) in [6.45, 7) is 0. The normalized spacial score (nSPS) is 12.8. The minimum absolute atomic E-state index is 0.0242. The van der Waals surface area contributed by atoms with E-state index in [0.717, 1.165) is 0 Å². The molecule has 0 fully saturated rings. The fraction of sp³-hybridized carbons (Fsp3) is 0.750. The molecular weight excluding hydrogens is 188 g/mol. The van der Waals surface area contributed by atoms with E-state index in [-0.39, 0.29) is 12.8 Å². The van der Waals surface area contributed by atoms with Crippen molar-refractivity contribution in [3.05, 3.63) is 0 Å². The van der Waals surface area contributed by atoms with Crippen molar-refractivity contribution in [3.63, 3.8) is 0 Å². The first-order valence-electron chi connectivity index (χ1n) is 4.39. The zero-order valence-corrected chi connectivity index (χ0v) is 7.85. The number of aliphatic carboxylic acids is 2. The largest absolute Gasteiger partial charge is 0.481 e. The third kappa shape index (κ3) is 6.38. The van der Waals surface area contributed by atoms with E-state index in [1.165, 1.54) is 0 Å². The van der Waals surface area contributed by atoms with Gasteiger partial charge in [-0.25, -0.2) is 0 Å². The lowest BCUT2D eigenvalue weighted by atomic mass is 9.97. The highest BCUT2D eigenvalue weighted by Gasteiger charge is 2.19. The van der Waals surface area contributed by atoms with E-state index < -0.39 is 24.0 Å². The molecule has 0 rings (SSSR count). The summed E-state index contributed by atoms with van der Waals surface area (Å²) in [7, 11) is 0. The van der Waals surface area contributed by atoms with Gasteiger partial charge in [-0.15, -0.1) is 0 Å². The van der Waals surface area contributed by atoms with E-state index in [9.17, 15) is 9.59 Å². The highest BCUT2D eigenvalue weighted by Crippen LogP contribution is 2.13. The molecular formula is C8H16N2O4. The number of nitrogens with two attached hydrogens (primary N) is 2. The van der Waals surface area contributed by atoms with E-state index in [1.807, 2.05) is 0 Å². The average molecular weight is 204 g/mol. The monoisotopic (exact) mass is 204 g/mol. The van der Waals surface area contributed by atoms with E-state index in [2.05, 4.69) is 0 Å². The van der Waals surface area contributed by atoms with Crippen molar-refractivity contribution in [2.24, 2.45) is 17.4 Å². The third-order valence-electron chi connectivity index (χ3n) is 1.85. The number of rotatable bonds is 7. The maximum Gasteiger partial charge on any atom is 0.306 e. The van der Waals surface area contributed by atoms with Crippen molar-refractivity contribution in [1.29, 1.82) is 0 Å². The standard InChI is InChI=1S/C8H16N2O4/c9-6(10)4-5(8(13)14)2-1-3-7(11)12/h5-6H,1-4,9-10H2,(H,11,12)(H,13,14). The van der Waals surface area contributed by atoms with E-state index in [0.29, 0.717) is 12.8 Å². The van der Waals surface area contributed by atoms with Crippen LogP contribution in [0.5, 0.6) is 0 Å². The van der Waals surface area contributed by atoms with Gasteiger partial charge >= 0.3 is 11.9 Å². The molecule has 0 spiro atoms. The van der Waals surface area contributed by atoms with Crippen LogP contribution in [0.15, 0.2) is 0 Å². The van der Waals surface area contributed by atoms with Gasteiger partial charge < -0.3 is 21.7 Å². The molecule has 0 aliphatic carbocycles. The minimum Gasteiger partial charge on any atom is -0.481 e. The van der Waals surface area contributed by atoms with E-state index in [4.69, 9.17) is 21.7 Å². The van der Waals surface area contributed by atoms with Crippen LogP contribution in [0.1, 0.15) is 25.7 Å². The van der Waals surface area contributed by atoms with E-state index >= 15 is 0 Å². The Morgan fingerprint density at radius 3 is 2.14 bits per heavy atom. The summed E-state index contributed by atoms with van der Waals surface area (Å²) in [6.07, 6.45) is 0.116. The molecule has 0 saturated heterocycles. The molecule has 14 heavy (non-hydrogen) atoms. The second-order valence-electron chi connectivity index (χ2n) is 3.22. The molecule has 1 unspecified atom stereocenters. The van der Waals surface area contributed by atoms with Crippen LogP contribution >= 0.6 is 0 Å². The molecule has 0 bridgehead atoms. The molecule has 0 aliphatic rings. The first kappa shape index (κ1) is 12.9. The van der Waals surface area contributed by atoms with Gasteiger partial charge in [0.1, 0.15) is 0 Å². The Labute approximate surface area is 81.9 Å². The number of carbonyl (C=O) groups is 2. The van der Waals surface area contributed by atoms with Gasteiger partial charge in [0.2, 0.25) is 0 Å². The van der Waals surface area contributed by atoms with Crippen molar-refractivity contribution in [2.45, 2.75) is 31.8 Å². The van der Waals surface area contributed by atoms with Crippen LogP contribution in [0.2, 0.25) is 0 Å². The predicted molar refractivity (Wildman–Crippen MR) is 49.4 cm³/mol. The highest BCUT2D eigenvalue weighted by molar-refractivity contribution is 5.70. The van der Waals surface area contributed by atoms with Gasteiger partial charge in [0.25, 0.3) is 0 Å². The first-order valence-corrected chi connectivity index (χ1v) is 4.39. The van der Waals surface area contributed by atoms with Crippen LogP contribution in [0.25, 0.3) is 0 Å². The molecule has 6 heteroatoms. The maximum atomic E-state index is 10.7. The fourth-order valence-corrected chi connectivity index (χ4v) is 1.17. The molecule has 0 aromatic rings. The molecule has 0 radical (unpaired) electrons. The van der Waals surface area contributed by atoms with Gasteiger partial charge in [0.15, 0.2) is 0 Å². The summed E-state index contributed by atoms with van der Waals surface area (Å²) in [4.78, 5) is 20.8. The topological polar surface area (TPSA) is 127 Å². The quantitative estimate of drug-likeness (QED) is 0.417. The Balaban J connectivity index is 3.85. The predicted octanol–water partition coefficient (Wildman–Crippen LogP) is -0.424. The Morgan fingerprint density at radius 1 is 1.21 bits per heavy atom. The molecule has 0 aromatic carbocycles. The Hall–Kier alpha value is -1.14. The molecule has 0 amide bonds. The van der Waals surface area contributed by atoms with Crippen LogP contribution in [-0.4, -0.2) is 28.3 Å². The van der Waals surface area contributed by atoms with Gasteiger partial charge in [0.05, 0.1) is 12.1 Å². The number of carboxylic acids is 2. The second kappa shape index (κ2) is 6.33. The third-order valence-corrected chi connectivity index (χ3v) is 1.85. The lowest BCUT2D eigenvalue weighted by molar-refractivity contribution is -0.143. The van der Waals surface area contributed by atoms with Crippen molar-refractivity contribution in [2.75, 3.05) is 0 Å². The number of hydrogen-bond acceptors (Lipinski definition) is 4. The van der Waals surface area contributed by atoms with Crippen LogP contribution in [0.4, 0.5) is 0 Å². The Kier molecular flexibility index (Phi) is 5.82. The summed E-state index contributed by atoms with van der Waals surface area (Å²) in [5.41, 5.74) is 10.5. The lowest BCUT2D eigenvalue weighted by Crippen LogP contribution is -2.34. The fourth-order valence-electron chi connectivity index (χ4n) is 1.17. The molecule has 0 saturated carbocycles. The smallest absolute Gasteiger partial charge is 0.306 e. The van der Waals surface area contributed by atoms with Gasteiger partial charge in [-0.2, -0.15) is 0 Å². The number of hydrogen-bond donors (Lipinski definition) is 4. The molecule has 82 valence electrons. The summed E-state index contributed by atoms with van der Waals surface area (Å²) < 4.78 is 0. The van der Waals surface area contributed by atoms with Gasteiger partial charge in [-0.05, 0) is 19.3 Å². The SMILES string of the molecule is NC(N)CC(CCCC(=O)O)C(=O)O. The van der Waals surface area contributed by atoms with Crippen LogP contribution in [-0.2, 0) is 9.59 Å². The molecule has 6 nitrogen and oxygen atoms in total. The summed E-state index contributed by atoms with van der Waals surface area (Å²) in [6, 6.07) is 0. The van der Waals surface area contributed by atoms with E-state index in [1.54, 1.807) is 0 Å². The van der Waals surface area contributed by atoms with Crippen molar-refractivity contribution in [3.8, 4) is 0 Å². The molecule has 1 atom stereocenters. The molecule has 6 N–H and O–H groups in total. The van der Waals surface area contributed by atoms with Crippen molar-refractivity contribution < 1.29 is 19.8 Å². The molecule has 0 aromatic heterocycles. The van der Waals surface area contributed by atoms with Gasteiger partial charge in [0, 0.05) is 6.42 Å². The summed E-state index contributed by atoms with van der Waals surface area (Å²) in [5, 5.41) is 17.1. The second-order valence-corrected chi connectivity index (χ2v) is 3.22. The summed E-state index contributed by atoms with van der Waals surface area (Å²) in [5.74, 6) is -2.54. The summed E-state index contributed by atoms with van der Waals surface area (Å²) >= 11 is 0. The van der Waals surface area contributed by atoms with Crippen LogP contribution < -0.4 is 11.5 Å². The maximum absolute atomic E-state index is 10.7. The number of carboxylic acid groups (broad SMARTS) is 2. The molecule has 0 aliphatic heterocycles. The highest BCUT2D eigenvalue weighted by atomic mass is 16.4. The zero-order valence-electron chi connectivity index (χ0n) is 7.85. The average Bonchev–Trinajstić information content (AvgIpc) is 2.00. The zero-order chi connectivity index (χ0) is 11.1. The Morgan fingerprint density at radius 2 is 1.79 bits per heavy atom. The lowest BCUT2D eigenvalue weighted by Gasteiger charge is -2.13. The van der Waals surface area contributed by atoms with Gasteiger partial charge in [-0.1, -0.05) is 0 Å². The van der Waals surface area contributed by atoms with Crippen LogP contribution in [0, 0.1) is 5.92 Å². The van der Waals surface area contributed by atoms with Crippen molar-refractivity contribution >= 4 is 11.9 Å². The molecule has 0 heterocycles. The van der Waals surface area contributed by atoms with Gasteiger partial charge in [-0.3, -0.25) is 9.59 Å². The first-order chi connectivity index (χ1) is 6.43. The minimum atomic E-state index is -0.976. The van der Waals surface area contributed by atoms with Crippen LogP contribution in [0.3, 0.4) is 0 Å². The Bertz CT molecular complexity index is 206. The van der Waals surface area contributed by atoms with Crippen molar-refractivity contribution in [1.82, 2.24) is 0 Å².